The number of carbonyl (C=O) groups is 1. The number of aromatic nitrogens is 1. The summed E-state index contributed by atoms with van der Waals surface area (Å²) in [5.74, 6) is 0.699. The van der Waals surface area contributed by atoms with E-state index in [0.29, 0.717) is 11.7 Å². The molecule has 0 unspecified atom stereocenters. The molecule has 1 heterocycles. The van der Waals surface area contributed by atoms with Gasteiger partial charge in [0.25, 0.3) is 0 Å². The van der Waals surface area contributed by atoms with E-state index in [4.69, 9.17) is 4.74 Å². The number of thiazole rings is 1. The van der Waals surface area contributed by atoms with E-state index in [1.54, 1.807) is 0 Å². The Morgan fingerprint density at radius 3 is 3.11 bits per heavy atom. The first kappa shape index (κ1) is 13.3. The van der Waals surface area contributed by atoms with Crippen LogP contribution in [-0.4, -0.2) is 10.9 Å². The molecule has 0 spiro atoms. The fourth-order valence-electron chi connectivity index (χ4n) is 1.30. The first-order valence-electron chi connectivity index (χ1n) is 5.24. The zero-order valence-corrected chi connectivity index (χ0v) is 12.6. The monoisotopic (exact) mass is 374 g/mol. The topological polar surface area (TPSA) is 51.2 Å². The zero-order chi connectivity index (χ0) is 13.0. The van der Waals surface area contributed by atoms with Crippen LogP contribution in [0.3, 0.4) is 0 Å². The molecular weight excluding hydrogens is 363 g/mol. The molecule has 0 saturated heterocycles. The van der Waals surface area contributed by atoms with Gasteiger partial charge in [0, 0.05) is 15.9 Å². The Labute approximate surface area is 123 Å². The van der Waals surface area contributed by atoms with Crippen LogP contribution in [0.5, 0.6) is 5.75 Å². The molecule has 6 heteroatoms. The molecule has 1 aromatic heterocycles. The molecule has 2 rings (SSSR count). The Balaban J connectivity index is 1.94. The minimum Gasteiger partial charge on any atom is -0.487 e. The highest BCUT2D eigenvalue weighted by molar-refractivity contribution is 14.1. The second-order valence-electron chi connectivity index (χ2n) is 3.57. The van der Waals surface area contributed by atoms with Gasteiger partial charge in [-0.15, -0.1) is 11.3 Å². The predicted octanol–water partition coefficient (Wildman–Crippen LogP) is 3.29. The number of rotatable bonds is 4. The quantitative estimate of drug-likeness (QED) is 0.836. The summed E-state index contributed by atoms with van der Waals surface area (Å²) >= 11 is 3.63. The Morgan fingerprint density at radius 1 is 1.56 bits per heavy atom. The Morgan fingerprint density at radius 2 is 2.39 bits per heavy atom. The number of halogens is 1. The first-order chi connectivity index (χ1) is 8.63. The molecule has 0 aliphatic heterocycles. The third-order valence-corrected chi connectivity index (χ3v) is 3.50. The Bertz CT molecular complexity index is 557. The van der Waals surface area contributed by atoms with Crippen LogP contribution >= 0.6 is 33.9 Å². The molecule has 1 N–H and O–H groups in total. The van der Waals surface area contributed by atoms with Crippen molar-refractivity contribution in [2.45, 2.75) is 13.5 Å². The number of anilines is 1. The fourth-order valence-corrected chi connectivity index (χ4v) is 2.55. The van der Waals surface area contributed by atoms with Crippen LogP contribution in [0.1, 0.15) is 12.6 Å². The van der Waals surface area contributed by atoms with Crippen molar-refractivity contribution in [3.8, 4) is 5.75 Å². The van der Waals surface area contributed by atoms with Gasteiger partial charge >= 0.3 is 0 Å². The average molecular weight is 374 g/mol. The van der Waals surface area contributed by atoms with Gasteiger partial charge in [0.15, 0.2) is 5.13 Å². The highest BCUT2D eigenvalue weighted by atomic mass is 127. The van der Waals surface area contributed by atoms with Crippen molar-refractivity contribution in [2.75, 3.05) is 5.32 Å². The highest BCUT2D eigenvalue weighted by Crippen LogP contribution is 2.19. The zero-order valence-electron chi connectivity index (χ0n) is 9.64. The van der Waals surface area contributed by atoms with E-state index >= 15 is 0 Å². The van der Waals surface area contributed by atoms with Crippen molar-refractivity contribution in [2.24, 2.45) is 0 Å². The number of ether oxygens (including phenoxy) is 1. The minimum absolute atomic E-state index is 0.116. The molecule has 1 aromatic carbocycles. The summed E-state index contributed by atoms with van der Waals surface area (Å²) in [7, 11) is 0. The number of amides is 1. The van der Waals surface area contributed by atoms with Crippen LogP contribution < -0.4 is 10.1 Å². The van der Waals surface area contributed by atoms with E-state index < -0.39 is 0 Å². The van der Waals surface area contributed by atoms with Gasteiger partial charge in [-0.1, -0.05) is 6.07 Å². The van der Waals surface area contributed by atoms with Gasteiger partial charge in [-0.2, -0.15) is 0 Å². The molecule has 0 fully saturated rings. The van der Waals surface area contributed by atoms with Crippen molar-refractivity contribution < 1.29 is 9.53 Å². The van der Waals surface area contributed by atoms with E-state index in [-0.39, 0.29) is 5.91 Å². The van der Waals surface area contributed by atoms with Gasteiger partial charge in [0.05, 0.1) is 5.69 Å². The number of hydrogen-bond donors (Lipinski definition) is 1. The summed E-state index contributed by atoms with van der Waals surface area (Å²) < 4.78 is 6.74. The van der Waals surface area contributed by atoms with Gasteiger partial charge in [-0.05, 0) is 40.8 Å². The van der Waals surface area contributed by atoms with Crippen LogP contribution in [0.4, 0.5) is 5.13 Å². The normalized spacial score (nSPS) is 10.1. The number of carbonyl (C=O) groups excluding carboxylic acids is 1. The van der Waals surface area contributed by atoms with E-state index in [1.807, 2.05) is 29.6 Å². The van der Waals surface area contributed by atoms with E-state index in [1.165, 1.54) is 18.3 Å². The minimum atomic E-state index is -0.116. The van der Waals surface area contributed by atoms with Gasteiger partial charge in [-0.3, -0.25) is 4.79 Å². The average Bonchev–Trinajstić information content (AvgIpc) is 2.73. The van der Waals surface area contributed by atoms with Crippen molar-refractivity contribution >= 4 is 45.0 Å². The van der Waals surface area contributed by atoms with Crippen LogP contribution in [0, 0.1) is 3.57 Å². The van der Waals surface area contributed by atoms with E-state index in [9.17, 15) is 4.79 Å². The molecule has 1 amide bonds. The summed E-state index contributed by atoms with van der Waals surface area (Å²) in [5.41, 5.74) is 0.808. The number of hydrogen-bond acceptors (Lipinski definition) is 4. The summed E-state index contributed by atoms with van der Waals surface area (Å²) in [5, 5.41) is 5.12. The lowest BCUT2D eigenvalue weighted by Crippen LogP contribution is -2.05. The van der Waals surface area contributed by atoms with Crippen molar-refractivity contribution in [3.05, 3.63) is 38.9 Å². The van der Waals surface area contributed by atoms with Crippen LogP contribution in [0.25, 0.3) is 0 Å². The third-order valence-electron chi connectivity index (χ3n) is 2.02. The third kappa shape index (κ3) is 3.95. The van der Waals surface area contributed by atoms with E-state index in [2.05, 4.69) is 32.9 Å². The Kier molecular flexibility index (Phi) is 4.54. The predicted molar refractivity (Wildman–Crippen MR) is 79.9 cm³/mol. The second-order valence-corrected chi connectivity index (χ2v) is 5.67. The molecule has 2 aromatic rings. The molecule has 0 saturated carbocycles. The van der Waals surface area contributed by atoms with Crippen LogP contribution in [0.2, 0.25) is 0 Å². The molecule has 18 heavy (non-hydrogen) atoms. The van der Waals surface area contributed by atoms with Crippen molar-refractivity contribution in [3.63, 3.8) is 0 Å². The summed E-state index contributed by atoms with van der Waals surface area (Å²) in [4.78, 5) is 15.1. The number of nitrogens with zero attached hydrogens (tertiary/aromatic N) is 1. The molecular formula is C12H11IN2O2S. The SMILES string of the molecule is CC(=O)Nc1nc(COc2cccc(I)c2)cs1. The standard InChI is InChI=1S/C12H11IN2O2S/c1-8(16)14-12-15-10(7-18-12)6-17-11-4-2-3-9(13)5-11/h2-5,7H,6H2,1H3,(H,14,15,16). The smallest absolute Gasteiger partial charge is 0.223 e. The molecule has 0 radical (unpaired) electrons. The van der Waals surface area contributed by atoms with Crippen molar-refractivity contribution in [1.29, 1.82) is 0 Å². The van der Waals surface area contributed by atoms with Gasteiger partial charge < -0.3 is 10.1 Å². The molecule has 0 aliphatic rings. The molecule has 0 bridgehead atoms. The van der Waals surface area contributed by atoms with Crippen LogP contribution in [-0.2, 0) is 11.4 Å². The summed E-state index contributed by atoms with van der Waals surface area (Å²) in [6.45, 7) is 1.86. The molecule has 94 valence electrons. The first-order valence-corrected chi connectivity index (χ1v) is 7.19. The second kappa shape index (κ2) is 6.14. The Hall–Kier alpha value is -1.15. The van der Waals surface area contributed by atoms with E-state index in [0.717, 1.165) is 15.0 Å². The van der Waals surface area contributed by atoms with Gasteiger partial charge in [0.1, 0.15) is 12.4 Å². The molecule has 4 nitrogen and oxygen atoms in total. The lowest BCUT2D eigenvalue weighted by atomic mass is 10.3. The van der Waals surface area contributed by atoms with Crippen molar-refractivity contribution in [1.82, 2.24) is 4.98 Å². The van der Waals surface area contributed by atoms with Crippen LogP contribution in [0.15, 0.2) is 29.6 Å². The lowest BCUT2D eigenvalue weighted by Gasteiger charge is -2.04. The maximum Gasteiger partial charge on any atom is 0.223 e. The highest BCUT2D eigenvalue weighted by Gasteiger charge is 2.04. The lowest BCUT2D eigenvalue weighted by molar-refractivity contribution is -0.114. The maximum atomic E-state index is 10.9. The van der Waals surface area contributed by atoms with Gasteiger partial charge in [-0.25, -0.2) is 4.98 Å². The summed E-state index contributed by atoms with van der Waals surface area (Å²) in [6, 6.07) is 7.82. The number of benzene rings is 1. The maximum absolute atomic E-state index is 10.9. The molecule has 0 atom stereocenters. The fraction of sp³-hybridized carbons (Fsp3) is 0.167. The van der Waals surface area contributed by atoms with Gasteiger partial charge in [0.2, 0.25) is 5.91 Å². The summed E-state index contributed by atoms with van der Waals surface area (Å²) in [6.07, 6.45) is 0. The largest absolute Gasteiger partial charge is 0.487 e. The number of nitrogens with one attached hydrogen (secondary N) is 1. The molecule has 0 aliphatic carbocycles.